The van der Waals surface area contributed by atoms with Gasteiger partial charge in [0, 0.05) is 40.8 Å². The number of halogens is 2. The molecule has 0 bridgehead atoms. The molecule has 0 saturated heterocycles. The molecule has 2 aromatic heterocycles. The van der Waals surface area contributed by atoms with Crippen molar-refractivity contribution in [2.24, 2.45) is 0 Å². The van der Waals surface area contributed by atoms with Crippen LogP contribution in [0.25, 0.3) is 17.3 Å². The normalized spacial score (nSPS) is 11.0. The third-order valence-electron chi connectivity index (χ3n) is 4.52. The van der Waals surface area contributed by atoms with Crippen molar-refractivity contribution in [2.75, 3.05) is 5.32 Å². The minimum absolute atomic E-state index is 0.0614. The summed E-state index contributed by atoms with van der Waals surface area (Å²) in [6.45, 7) is 0.587. The number of amides is 1. The number of carbonyl (C=O) groups is 1. The van der Waals surface area contributed by atoms with Crippen LogP contribution in [0, 0.1) is 5.82 Å². The molecule has 0 atom stereocenters. The van der Waals surface area contributed by atoms with Crippen LogP contribution in [0.4, 0.5) is 10.1 Å². The second kappa shape index (κ2) is 9.36. The van der Waals surface area contributed by atoms with Crippen LogP contribution in [0.5, 0.6) is 0 Å². The lowest BCUT2D eigenvalue weighted by atomic mass is 10.1. The van der Waals surface area contributed by atoms with Crippen molar-refractivity contribution in [3.8, 4) is 11.3 Å². The molecule has 0 radical (unpaired) electrons. The van der Waals surface area contributed by atoms with Gasteiger partial charge < -0.3 is 5.32 Å². The maximum atomic E-state index is 13.9. The van der Waals surface area contributed by atoms with E-state index in [0.717, 1.165) is 22.8 Å². The van der Waals surface area contributed by atoms with Gasteiger partial charge in [-0.05, 0) is 42.0 Å². The highest BCUT2D eigenvalue weighted by atomic mass is 35.5. The van der Waals surface area contributed by atoms with Crippen LogP contribution in [0.15, 0.2) is 85.3 Å². The summed E-state index contributed by atoms with van der Waals surface area (Å²) in [5.74, 6) is -1.06. The monoisotopic (exact) mass is 432 g/mol. The van der Waals surface area contributed by atoms with Crippen molar-refractivity contribution < 1.29 is 9.18 Å². The lowest BCUT2D eigenvalue weighted by molar-refractivity contribution is -0.111. The van der Waals surface area contributed by atoms with Crippen LogP contribution in [0.3, 0.4) is 0 Å². The predicted octanol–water partition coefficient (Wildman–Crippen LogP) is 5.44. The third-order valence-corrected chi connectivity index (χ3v) is 4.75. The van der Waals surface area contributed by atoms with Gasteiger partial charge in [0.15, 0.2) is 0 Å². The number of hydrogen-bond acceptors (Lipinski definition) is 3. The van der Waals surface area contributed by atoms with Crippen molar-refractivity contribution in [1.29, 1.82) is 0 Å². The Morgan fingerprint density at radius 3 is 2.71 bits per heavy atom. The van der Waals surface area contributed by atoms with E-state index in [2.05, 4.69) is 15.4 Å². The van der Waals surface area contributed by atoms with Gasteiger partial charge in [-0.2, -0.15) is 5.10 Å². The molecule has 2 aromatic carbocycles. The highest BCUT2D eigenvalue weighted by Gasteiger charge is 2.11. The summed E-state index contributed by atoms with van der Waals surface area (Å²) >= 11 is 5.75. The number of carbonyl (C=O) groups excluding carboxylic acids is 1. The van der Waals surface area contributed by atoms with Gasteiger partial charge in [-0.25, -0.2) is 4.39 Å². The molecule has 4 aromatic rings. The van der Waals surface area contributed by atoms with E-state index in [-0.39, 0.29) is 10.7 Å². The third kappa shape index (κ3) is 5.24. The molecule has 2 heterocycles. The standard InChI is InChI=1S/C24H18ClFN4O/c25-20-9-10-22(21(26)13-20)28-23(31)11-8-19-16-30(15-17-5-2-1-3-6-17)29-24(19)18-7-4-12-27-14-18/h1-14,16H,15H2,(H,28,31). The van der Waals surface area contributed by atoms with Gasteiger partial charge in [0.2, 0.25) is 5.91 Å². The van der Waals surface area contributed by atoms with E-state index >= 15 is 0 Å². The molecule has 7 heteroatoms. The topological polar surface area (TPSA) is 59.8 Å². The molecule has 1 N–H and O–H groups in total. The zero-order valence-corrected chi connectivity index (χ0v) is 17.1. The first kappa shape index (κ1) is 20.5. The average Bonchev–Trinajstić information content (AvgIpc) is 3.18. The molecular weight excluding hydrogens is 415 g/mol. The molecular formula is C24H18ClFN4O. The molecule has 31 heavy (non-hydrogen) atoms. The second-order valence-corrected chi connectivity index (χ2v) is 7.24. The van der Waals surface area contributed by atoms with Crippen LogP contribution in [-0.2, 0) is 11.3 Å². The molecule has 0 aliphatic rings. The lowest BCUT2D eigenvalue weighted by Gasteiger charge is -2.03. The first-order chi connectivity index (χ1) is 15.1. The Bertz CT molecular complexity index is 1220. The lowest BCUT2D eigenvalue weighted by Crippen LogP contribution is -2.09. The smallest absolute Gasteiger partial charge is 0.248 e. The molecule has 0 fully saturated rings. The van der Waals surface area contributed by atoms with Crippen LogP contribution in [0.2, 0.25) is 5.02 Å². The van der Waals surface area contributed by atoms with E-state index in [1.165, 1.54) is 18.2 Å². The average molecular weight is 433 g/mol. The SMILES string of the molecule is O=C(C=Cc1cn(Cc2ccccc2)nc1-c1cccnc1)Nc1ccc(Cl)cc1F. The van der Waals surface area contributed by atoms with Crippen molar-refractivity contribution in [3.05, 3.63) is 107 Å². The van der Waals surface area contributed by atoms with E-state index < -0.39 is 11.7 Å². The number of anilines is 1. The Labute approximate surface area is 183 Å². The highest BCUT2D eigenvalue weighted by Crippen LogP contribution is 2.23. The summed E-state index contributed by atoms with van der Waals surface area (Å²) < 4.78 is 15.7. The summed E-state index contributed by atoms with van der Waals surface area (Å²) in [5, 5.41) is 7.46. The number of benzene rings is 2. The fourth-order valence-electron chi connectivity index (χ4n) is 3.07. The van der Waals surface area contributed by atoms with Crippen molar-refractivity contribution >= 4 is 29.3 Å². The molecule has 0 aliphatic heterocycles. The minimum atomic E-state index is -0.596. The van der Waals surface area contributed by atoms with Crippen molar-refractivity contribution in [1.82, 2.24) is 14.8 Å². The summed E-state index contributed by atoms with van der Waals surface area (Å²) in [6.07, 6.45) is 8.27. The number of nitrogens with zero attached hydrogens (tertiary/aromatic N) is 3. The second-order valence-electron chi connectivity index (χ2n) is 6.80. The van der Waals surface area contributed by atoms with Crippen LogP contribution < -0.4 is 5.32 Å². The van der Waals surface area contributed by atoms with Crippen LogP contribution in [-0.4, -0.2) is 20.7 Å². The number of aromatic nitrogens is 3. The Morgan fingerprint density at radius 1 is 1.13 bits per heavy atom. The zero-order valence-electron chi connectivity index (χ0n) is 16.4. The minimum Gasteiger partial charge on any atom is -0.320 e. The fourth-order valence-corrected chi connectivity index (χ4v) is 3.23. The largest absolute Gasteiger partial charge is 0.320 e. The van der Waals surface area contributed by atoms with E-state index in [0.29, 0.717) is 12.2 Å². The number of rotatable bonds is 6. The maximum Gasteiger partial charge on any atom is 0.248 e. The fraction of sp³-hybridized carbons (Fsp3) is 0.0417. The van der Waals surface area contributed by atoms with E-state index in [1.807, 2.05) is 53.3 Å². The molecule has 0 saturated carbocycles. The molecule has 4 rings (SSSR count). The molecule has 1 amide bonds. The first-order valence-corrected chi connectivity index (χ1v) is 9.92. The summed E-state index contributed by atoms with van der Waals surface area (Å²) in [5.41, 5.74) is 3.44. The van der Waals surface area contributed by atoms with E-state index in [1.54, 1.807) is 18.5 Å². The quantitative estimate of drug-likeness (QED) is 0.413. The number of nitrogens with one attached hydrogen (secondary N) is 1. The van der Waals surface area contributed by atoms with E-state index in [4.69, 9.17) is 11.6 Å². The maximum absolute atomic E-state index is 13.9. The van der Waals surface area contributed by atoms with Gasteiger partial charge in [0.05, 0.1) is 12.2 Å². The van der Waals surface area contributed by atoms with Gasteiger partial charge in [0.25, 0.3) is 0 Å². The summed E-state index contributed by atoms with van der Waals surface area (Å²) in [6, 6.07) is 17.8. The van der Waals surface area contributed by atoms with Crippen molar-refractivity contribution in [3.63, 3.8) is 0 Å². The Morgan fingerprint density at radius 2 is 1.97 bits per heavy atom. The Balaban J connectivity index is 1.59. The number of hydrogen-bond donors (Lipinski definition) is 1. The first-order valence-electron chi connectivity index (χ1n) is 9.54. The zero-order chi connectivity index (χ0) is 21.6. The summed E-state index contributed by atoms with van der Waals surface area (Å²) in [4.78, 5) is 16.5. The van der Waals surface area contributed by atoms with E-state index in [9.17, 15) is 9.18 Å². The molecule has 0 aliphatic carbocycles. The molecule has 0 unspecified atom stereocenters. The van der Waals surface area contributed by atoms with Crippen LogP contribution in [0.1, 0.15) is 11.1 Å². The summed E-state index contributed by atoms with van der Waals surface area (Å²) in [7, 11) is 0. The molecule has 5 nitrogen and oxygen atoms in total. The van der Waals surface area contributed by atoms with Gasteiger partial charge in [0.1, 0.15) is 11.5 Å². The Kier molecular flexibility index (Phi) is 6.19. The van der Waals surface area contributed by atoms with Crippen molar-refractivity contribution in [2.45, 2.75) is 6.54 Å². The number of pyridine rings is 1. The van der Waals surface area contributed by atoms with Crippen LogP contribution >= 0.6 is 11.6 Å². The Hall–Kier alpha value is -3.77. The van der Waals surface area contributed by atoms with Gasteiger partial charge in [-0.1, -0.05) is 41.9 Å². The van der Waals surface area contributed by atoms with Gasteiger partial charge >= 0.3 is 0 Å². The highest BCUT2D eigenvalue weighted by molar-refractivity contribution is 6.30. The molecule has 154 valence electrons. The predicted molar refractivity (Wildman–Crippen MR) is 120 cm³/mol. The van der Waals surface area contributed by atoms with Gasteiger partial charge in [-0.15, -0.1) is 0 Å². The molecule has 0 spiro atoms. The van der Waals surface area contributed by atoms with Gasteiger partial charge in [-0.3, -0.25) is 14.5 Å².